The highest BCUT2D eigenvalue weighted by Gasteiger charge is 2.21. The van der Waals surface area contributed by atoms with Gasteiger partial charge in [0, 0.05) is 16.9 Å². The average Bonchev–Trinajstić information content (AvgIpc) is 2.87. The highest BCUT2D eigenvalue weighted by atomic mass is 32.2. The second-order valence-corrected chi connectivity index (χ2v) is 12.6. The summed E-state index contributed by atoms with van der Waals surface area (Å²) in [7, 11) is -7.79. The van der Waals surface area contributed by atoms with Crippen molar-refractivity contribution >= 4 is 43.0 Å². The van der Waals surface area contributed by atoms with Crippen LogP contribution in [-0.4, -0.2) is 22.7 Å². The van der Waals surface area contributed by atoms with Crippen molar-refractivity contribution in [1.29, 1.82) is 0 Å². The fraction of sp³-hybridized carbons (Fsp3) is 0.138. The molecule has 0 aliphatic carbocycles. The molecule has 10 heteroatoms. The number of anilines is 3. The normalized spacial score (nSPS) is 11.6. The third-order valence-corrected chi connectivity index (χ3v) is 9.19. The molecule has 0 bridgehead atoms. The van der Waals surface area contributed by atoms with E-state index in [9.17, 15) is 21.6 Å². The summed E-state index contributed by atoms with van der Waals surface area (Å²) in [5.74, 6) is -0.535. The van der Waals surface area contributed by atoms with E-state index in [4.69, 9.17) is 0 Å². The second kappa shape index (κ2) is 10.9. The zero-order chi connectivity index (χ0) is 28.4. The number of carbonyl (C=O) groups excluding carboxylic acids is 1. The third kappa shape index (κ3) is 6.47. The molecule has 0 heterocycles. The predicted molar refractivity (Wildman–Crippen MR) is 154 cm³/mol. The Labute approximate surface area is 229 Å². The van der Waals surface area contributed by atoms with Crippen LogP contribution >= 0.6 is 0 Å². The molecule has 0 fully saturated rings. The van der Waals surface area contributed by atoms with Crippen LogP contribution in [0.25, 0.3) is 0 Å². The van der Waals surface area contributed by atoms with Gasteiger partial charge in [-0.25, -0.2) is 16.8 Å². The van der Waals surface area contributed by atoms with Gasteiger partial charge >= 0.3 is 0 Å². The van der Waals surface area contributed by atoms with Crippen LogP contribution in [0, 0.1) is 27.7 Å². The van der Waals surface area contributed by atoms with Crippen LogP contribution in [0.3, 0.4) is 0 Å². The van der Waals surface area contributed by atoms with Gasteiger partial charge < -0.3 is 5.32 Å². The second-order valence-electron chi connectivity index (χ2n) is 9.29. The van der Waals surface area contributed by atoms with Gasteiger partial charge in [-0.2, -0.15) is 0 Å². The first kappa shape index (κ1) is 27.9. The maximum Gasteiger partial charge on any atom is 0.262 e. The van der Waals surface area contributed by atoms with Gasteiger partial charge in [0.2, 0.25) is 0 Å². The van der Waals surface area contributed by atoms with Gasteiger partial charge in [0.1, 0.15) is 0 Å². The Kier molecular flexibility index (Phi) is 7.80. The number of hydrogen-bond donors (Lipinski definition) is 3. The molecule has 39 heavy (non-hydrogen) atoms. The molecule has 0 saturated carbocycles. The van der Waals surface area contributed by atoms with E-state index in [2.05, 4.69) is 14.8 Å². The summed E-state index contributed by atoms with van der Waals surface area (Å²) in [4.78, 5) is 13.0. The number of carbonyl (C=O) groups is 1. The Morgan fingerprint density at radius 2 is 1.33 bits per heavy atom. The number of hydrogen-bond acceptors (Lipinski definition) is 5. The molecule has 0 aliphatic rings. The van der Waals surface area contributed by atoms with Crippen molar-refractivity contribution in [3.05, 3.63) is 113 Å². The molecule has 0 aliphatic heterocycles. The van der Waals surface area contributed by atoms with E-state index < -0.39 is 26.0 Å². The van der Waals surface area contributed by atoms with Crippen molar-refractivity contribution in [3.63, 3.8) is 0 Å². The van der Waals surface area contributed by atoms with Crippen LogP contribution < -0.4 is 14.8 Å². The van der Waals surface area contributed by atoms with Crippen LogP contribution in [0.2, 0.25) is 0 Å². The van der Waals surface area contributed by atoms with E-state index in [0.717, 1.165) is 16.7 Å². The molecule has 202 valence electrons. The van der Waals surface area contributed by atoms with E-state index in [-0.39, 0.29) is 15.4 Å². The van der Waals surface area contributed by atoms with Crippen LogP contribution in [0.1, 0.15) is 32.6 Å². The van der Waals surface area contributed by atoms with Gasteiger partial charge in [-0.05, 0) is 105 Å². The first-order valence-electron chi connectivity index (χ1n) is 12.1. The lowest BCUT2D eigenvalue weighted by molar-refractivity contribution is 0.102. The topological polar surface area (TPSA) is 121 Å². The van der Waals surface area contributed by atoms with E-state index in [1.807, 2.05) is 32.9 Å². The Morgan fingerprint density at radius 1 is 0.641 bits per heavy atom. The maximum atomic E-state index is 13.2. The van der Waals surface area contributed by atoms with E-state index >= 15 is 0 Å². The van der Waals surface area contributed by atoms with Crippen molar-refractivity contribution in [2.45, 2.75) is 37.5 Å². The fourth-order valence-corrected chi connectivity index (χ4v) is 6.38. The van der Waals surface area contributed by atoms with E-state index in [1.165, 1.54) is 36.4 Å². The predicted octanol–water partition coefficient (Wildman–Crippen LogP) is 5.77. The smallest absolute Gasteiger partial charge is 0.262 e. The minimum atomic E-state index is -3.97. The molecule has 0 unspecified atom stereocenters. The minimum absolute atomic E-state index is 0.0141. The van der Waals surface area contributed by atoms with Crippen LogP contribution in [0.4, 0.5) is 17.1 Å². The molecule has 8 nitrogen and oxygen atoms in total. The molecular weight excluding hydrogens is 534 g/mol. The first-order valence-corrected chi connectivity index (χ1v) is 15.0. The molecule has 0 aromatic heterocycles. The van der Waals surface area contributed by atoms with Gasteiger partial charge in [-0.1, -0.05) is 30.3 Å². The minimum Gasteiger partial charge on any atom is -0.322 e. The Bertz CT molecular complexity index is 1770. The van der Waals surface area contributed by atoms with Gasteiger partial charge in [0.25, 0.3) is 26.0 Å². The number of sulfonamides is 2. The summed E-state index contributed by atoms with van der Waals surface area (Å²) in [5, 5.41) is 2.69. The highest BCUT2D eigenvalue weighted by molar-refractivity contribution is 7.93. The summed E-state index contributed by atoms with van der Waals surface area (Å²) in [6.45, 7) is 7.25. The van der Waals surface area contributed by atoms with Gasteiger partial charge in [0.15, 0.2) is 0 Å². The molecule has 4 rings (SSSR count). The van der Waals surface area contributed by atoms with Crippen LogP contribution in [0.5, 0.6) is 0 Å². The summed E-state index contributed by atoms with van der Waals surface area (Å²) in [5.41, 5.74) is 4.58. The molecular formula is C29H29N3O5S2. The van der Waals surface area contributed by atoms with Crippen molar-refractivity contribution in [2.24, 2.45) is 0 Å². The zero-order valence-electron chi connectivity index (χ0n) is 21.9. The van der Waals surface area contributed by atoms with Crippen molar-refractivity contribution in [1.82, 2.24) is 0 Å². The molecule has 4 aromatic rings. The van der Waals surface area contributed by atoms with Crippen molar-refractivity contribution in [3.8, 4) is 0 Å². The van der Waals surface area contributed by atoms with E-state index in [1.54, 1.807) is 43.3 Å². The highest BCUT2D eigenvalue weighted by Crippen LogP contribution is 2.25. The van der Waals surface area contributed by atoms with Crippen LogP contribution in [0.15, 0.2) is 94.7 Å². The summed E-state index contributed by atoms with van der Waals surface area (Å²) in [6.07, 6.45) is 0. The standard InChI is InChI=1S/C29H29N3O5S2/c1-19-7-5-9-25(17-19)31-38(34,35)26-15-13-24(14-16-26)30-29(33)23-12-11-21(3)28(18-23)39(36,37)32-27-10-6-8-20(2)22(27)4/h5-18,31-32H,1-4H3,(H,30,33). The average molecular weight is 564 g/mol. The van der Waals surface area contributed by atoms with Crippen molar-refractivity contribution < 1.29 is 21.6 Å². The van der Waals surface area contributed by atoms with Gasteiger partial charge in [-0.15, -0.1) is 0 Å². The Morgan fingerprint density at radius 3 is 2.03 bits per heavy atom. The summed E-state index contributed by atoms with van der Waals surface area (Å²) in [6, 6.07) is 22.5. The van der Waals surface area contributed by atoms with Gasteiger partial charge in [-0.3, -0.25) is 14.2 Å². The maximum absolute atomic E-state index is 13.2. The van der Waals surface area contributed by atoms with E-state index in [0.29, 0.717) is 22.6 Å². The number of rotatable bonds is 8. The molecule has 0 radical (unpaired) electrons. The Hall–Kier alpha value is -4.15. The lowest BCUT2D eigenvalue weighted by Crippen LogP contribution is -2.18. The quantitative estimate of drug-likeness (QED) is 0.251. The number of benzene rings is 4. The third-order valence-electron chi connectivity index (χ3n) is 6.28. The molecule has 3 N–H and O–H groups in total. The zero-order valence-corrected chi connectivity index (χ0v) is 23.6. The molecule has 4 aromatic carbocycles. The lowest BCUT2D eigenvalue weighted by Gasteiger charge is -2.15. The molecule has 0 saturated heterocycles. The number of nitrogens with one attached hydrogen (secondary N) is 3. The summed E-state index contributed by atoms with van der Waals surface area (Å²) >= 11 is 0. The summed E-state index contributed by atoms with van der Waals surface area (Å²) < 4.78 is 57.0. The molecule has 1 amide bonds. The molecule has 0 atom stereocenters. The fourth-order valence-electron chi connectivity index (χ4n) is 3.94. The number of amides is 1. The largest absolute Gasteiger partial charge is 0.322 e. The van der Waals surface area contributed by atoms with Crippen LogP contribution in [-0.2, 0) is 20.0 Å². The molecule has 0 spiro atoms. The van der Waals surface area contributed by atoms with Gasteiger partial charge in [0.05, 0.1) is 15.5 Å². The van der Waals surface area contributed by atoms with Crippen molar-refractivity contribution in [2.75, 3.05) is 14.8 Å². The SMILES string of the molecule is Cc1cccc(NS(=O)(=O)c2ccc(NC(=O)c3ccc(C)c(S(=O)(=O)Nc4cccc(C)c4C)c3)cc2)c1. The lowest BCUT2D eigenvalue weighted by atomic mass is 10.1. The Balaban J connectivity index is 1.51. The first-order chi connectivity index (χ1) is 18.4. The number of aryl methyl sites for hydroxylation is 3. The monoisotopic (exact) mass is 563 g/mol.